The predicted molar refractivity (Wildman–Crippen MR) is 121 cm³/mol. The van der Waals surface area contributed by atoms with E-state index in [1.165, 1.54) is 0 Å². The molecule has 3 aromatic rings. The highest BCUT2D eigenvalue weighted by Crippen LogP contribution is 2.36. The van der Waals surface area contributed by atoms with Crippen LogP contribution in [0.3, 0.4) is 0 Å². The molecule has 2 aromatic heterocycles. The summed E-state index contributed by atoms with van der Waals surface area (Å²) in [7, 11) is 0. The fourth-order valence-electron chi connectivity index (χ4n) is 4.28. The SMILES string of the molecule is Cc1cc(Oc2cc(C#N)ccc2-c2ncc(C(O)CN)cn2)cc(N2C[C@@H]3C[C@H]2CO3)n1. The van der Waals surface area contributed by atoms with Crippen LogP contribution in [0.15, 0.2) is 42.7 Å². The van der Waals surface area contributed by atoms with Gasteiger partial charge in [-0.05, 0) is 31.5 Å². The number of nitriles is 1. The first kappa shape index (κ1) is 21.3. The minimum absolute atomic E-state index is 0.0857. The van der Waals surface area contributed by atoms with Gasteiger partial charge in [0.15, 0.2) is 5.82 Å². The Hall–Kier alpha value is -3.58. The Bertz CT molecular complexity index is 1210. The van der Waals surface area contributed by atoms with Crippen molar-refractivity contribution in [2.24, 2.45) is 5.73 Å². The third-order valence-electron chi connectivity index (χ3n) is 5.97. The van der Waals surface area contributed by atoms with Crippen LogP contribution in [0.5, 0.6) is 11.5 Å². The van der Waals surface area contributed by atoms with Crippen LogP contribution in [0, 0.1) is 18.3 Å². The number of aliphatic hydroxyl groups is 1. The van der Waals surface area contributed by atoms with E-state index in [0.717, 1.165) is 31.1 Å². The molecule has 2 aliphatic rings. The maximum atomic E-state index is 9.91. The molecule has 0 saturated carbocycles. The van der Waals surface area contributed by atoms with E-state index in [1.807, 2.05) is 19.1 Å². The predicted octanol–water partition coefficient (Wildman–Crippen LogP) is 2.48. The number of hydrogen-bond donors (Lipinski definition) is 2. The second-order valence-electron chi connectivity index (χ2n) is 8.32. The lowest BCUT2D eigenvalue weighted by molar-refractivity contribution is 0.0988. The zero-order valence-electron chi connectivity index (χ0n) is 18.2. The van der Waals surface area contributed by atoms with Crippen molar-refractivity contribution < 1.29 is 14.6 Å². The van der Waals surface area contributed by atoms with Crippen LogP contribution in [-0.2, 0) is 4.74 Å². The van der Waals surface area contributed by atoms with Gasteiger partial charge in [-0.2, -0.15) is 5.26 Å². The molecule has 0 radical (unpaired) electrons. The minimum Gasteiger partial charge on any atom is -0.456 e. The Balaban J connectivity index is 1.48. The minimum atomic E-state index is -0.819. The van der Waals surface area contributed by atoms with E-state index in [4.69, 9.17) is 20.2 Å². The second kappa shape index (κ2) is 8.75. The van der Waals surface area contributed by atoms with E-state index < -0.39 is 6.10 Å². The van der Waals surface area contributed by atoms with Gasteiger partial charge in [0, 0.05) is 48.9 Å². The Labute approximate surface area is 191 Å². The lowest BCUT2D eigenvalue weighted by Crippen LogP contribution is -2.37. The number of fused-ring (bicyclic) bond motifs is 2. The van der Waals surface area contributed by atoms with Crippen molar-refractivity contribution in [3.05, 3.63) is 59.5 Å². The number of rotatable bonds is 6. The van der Waals surface area contributed by atoms with Crippen LogP contribution >= 0.6 is 0 Å². The van der Waals surface area contributed by atoms with E-state index in [-0.39, 0.29) is 12.6 Å². The maximum Gasteiger partial charge on any atom is 0.162 e. The smallest absolute Gasteiger partial charge is 0.162 e. The van der Waals surface area contributed by atoms with Gasteiger partial charge >= 0.3 is 0 Å². The Morgan fingerprint density at radius 2 is 2.12 bits per heavy atom. The van der Waals surface area contributed by atoms with Crippen LogP contribution in [0.2, 0.25) is 0 Å². The molecule has 1 unspecified atom stereocenters. The standard InChI is InChI=1S/C24H24N6O3/c1-14-4-18(7-23(29-14)30-12-19-6-17(30)13-32-19)33-22-5-15(8-25)2-3-20(22)24-27-10-16(11-28-24)21(31)9-26/h2-5,7,10-11,17,19,21,31H,6,9,12-13,26H2,1H3/t17-,19-,21?/m0/s1. The molecular formula is C24H24N6O3. The third-order valence-corrected chi connectivity index (χ3v) is 5.97. The molecule has 0 amide bonds. The lowest BCUT2D eigenvalue weighted by atomic mass is 10.1. The van der Waals surface area contributed by atoms with Crippen LogP contribution in [-0.4, -0.2) is 51.9 Å². The highest BCUT2D eigenvalue weighted by Gasteiger charge is 2.39. The Kier molecular flexibility index (Phi) is 5.64. The van der Waals surface area contributed by atoms with Gasteiger partial charge in [-0.25, -0.2) is 15.0 Å². The number of hydrogen-bond acceptors (Lipinski definition) is 9. The third kappa shape index (κ3) is 4.24. The molecule has 9 heteroatoms. The Morgan fingerprint density at radius 1 is 1.30 bits per heavy atom. The highest BCUT2D eigenvalue weighted by atomic mass is 16.5. The quantitative estimate of drug-likeness (QED) is 0.589. The summed E-state index contributed by atoms with van der Waals surface area (Å²) in [5.74, 6) is 2.36. The van der Waals surface area contributed by atoms with E-state index in [1.54, 1.807) is 30.6 Å². The van der Waals surface area contributed by atoms with Gasteiger partial charge in [0.25, 0.3) is 0 Å². The second-order valence-corrected chi connectivity index (χ2v) is 8.32. The van der Waals surface area contributed by atoms with E-state index in [9.17, 15) is 10.4 Å². The van der Waals surface area contributed by atoms with Crippen LogP contribution in [0.25, 0.3) is 11.4 Å². The van der Waals surface area contributed by atoms with Crippen LogP contribution in [0.1, 0.15) is 29.3 Å². The van der Waals surface area contributed by atoms with Crippen molar-refractivity contribution in [1.29, 1.82) is 5.26 Å². The van der Waals surface area contributed by atoms with Gasteiger partial charge in [0.1, 0.15) is 17.3 Å². The van der Waals surface area contributed by atoms with Crippen molar-refractivity contribution in [3.8, 4) is 29.0 Å². The van der Waals surface area contributed by atoms with Crippen molar-refractivity contribution in [3.63, 3.8) is 0 Å². The molecule has 2 bridgehead atoms. The number of nitrogens with two attached hydrogens (primary N) is 1. The normalized spacial score (nSPS) is 20.0. The molecule has 5 rings (SSSR count). The highest BCUT2D eigenvalue weighted by molar-refractivity contribution is 5.67. The molecule has 3 N–H and O–H groups in total. The maximum absolute atomic E-state index is 9.91. The average Bonchev–Trinajstić information content (AvgIpc) is 3.47. The Morgan fingerprint density at radius 3 is 2.79 bits per heavy atom. The number of aliphatic hydroxyl groups excluding tert-OH is 1. The molecule has 1 aromatic carbocycles. The number of anilines is 1. The number of pyridine rings is 1. The lowest BCUT2D eigenvalue weighted by Gasteiger charge is -2.28. The number of nitrogens with zero attached hydrogens (tertiary/aromatic N) is 5. The van der Waals surface area contributed by atoms with Gasteiger partial charge in [0.05, 0.1) is 42.1 Å². The van der Waals surface area contributed by atoms with Crippen molar-refractivity contribution in [2.45, 2.75) is 31.6 Å². The largest absolute Gasteiger partial charge is 0.456 e. The van der Waals surface area contributed by atoms with Gasteiger partial charge in [0.2, 0.25) is 0 Å². The van der Waals surface area contributed by atoms with Crippen molar-refractivity contribution >= 4 is 5.82 Å². The van der Waals surface area contributed by atoms with Crippen LogP contribution in [0.4, 0.5) is 5.82 Å². The summed E-state index contributed by atoms with van der Waals surface area (Å²) in [6, 6.07) is 11.4. The zero-order chi connectivity index (χ0) is 22.9. The summed E-state index contributed by atoms with van der Waals surface area (Å²) in [5.41, 5.74) is 7.98. The first-order chi connectivity index (χ1) is 16.0. The van der Waals surface area contributed by atoms with Crippen molar-refractivity contribution in [2.75, 3.05) is 24.6 Å². The first-order valence-electron chi connectivity index (χ1n) is 10.8. The zero-order valence-corrected chi connectivity index (χ0v) is 18.2. The molecule has 2 aliphatic heterocycles. The number of morpholine rings is 1. The number of benzene rings is 1. The molecule has 9 nitrogen and oxygen atoms in total. The van der Waals surface area contributed by atoms with E-state index in [0.29, 0.717) is 40.1 Å². The van der Waals surface area contributed by atoms with Gasteiger partial charge < -0.3 is 25.2 Å². The molecule has 3 atom stereocenters. The summed E-state index contributed by atoms with van der Waals surface area (Å²) in [4.78, 5) is 15.7. The molecule has 0 aliphatic carbocycles. The van der Waals surface area contributed by atoms with Gasteiger partial charge in [-0.1, -0.05) is 0 Å². The summed E-state index contributed by atoms with van der Waals surface area (Å²) < 4.78 is 12.0. The molecule has 2 saturated heterocycles. The van der Waals surface area contributed by atoms with Gasteiger partial charge in [-0.3, -0.25) is 0 Å². The molecular weight excluding hydrogens is 420 g/mol. The van der Waals surface area contributed by atoms with Crippen LogP contribution < -0.4 is 15.4 Å². The summed E-state index contributed by atoms with van der Waals surface area (Å²) >= 11 is 0. The average molecular weight is 444 g/mol. The molecule has 4 heterocycles. The van der Waals surface area contributed by atoms with E-state index >= 15 is 0 Å². The summed E-state index contributed by atoms with van der Waals surface area (Å²) in [5, 5.41) is 19.3. The number of aromatic nitrogens is 3. The topological polar surface area (TPSA) is 130 Å². The monoisotopic (exact) mass is 444 g/mol. The fourth-order valence-corrected chi connectivity index (χ4v) is 4.28. The van der Waals surface area contributed by atoms with Gasteiger partial charge in [-0.15, -0.1) is 0 Å². The van der Waals surface area contributed by atoms with E-state index in [2.05, 4.69) is 20.9 Å². The summed E-state index contributed by atoms with van der Waals surface area (Å²) in [6.45, 7) is 3.56. The fraction of sp³-hybridized carbons (Fsp3) is 0.333. The number of aryl methyl sites for hydroxylation is 1. The first-order valence-corrected chi connectivity index (χ1v) is 10.8. The molecule has 0 spiro atoms. The van der Waals surface area contributed by atoms with Crippen molar-refractivity contribution in [1.82, 2.24) is 15.0 Å². The molecule has 168 valence electrons. The molecule has 2 fully saturated rings. The summed E-state index contributed by atoms with van der Waals surface area (Å²) in [6.07, 6.45) is 3.55. The molecule has 33 heavy (non-hydrogen) atoms. The number of ether oxygens (including phenoxy) is 2.